The van der Waals surface area contributed by atoms with E-state index in [1.54, 1.807) is 55.5 Å². The zero-order valence-electron chi connectivity index (χ0n) is 14.8. The van der Waals surface area contributed by atoms with Gasteiger partial charge >= 0.3 is 5.97 Å². The van der Waals surface area contributed by atoms with Crippen molar-refractivity contribution in [3.8, 4) is 17.7 Å². The van der Waals surface area contributed by atoms with Gasteiger partial charge in [0.25, 0.3) is 5.56 Å². The number of benzene rings is 1. The number of halogens is 1. The lowest BCUT2D eigenvalue weighted by atomic mass is 10.2. The van der Waals surface area contributed by atoms with E-state index in [0.29, 0.717) is 10.7 Å². The van der Waals surface area contributed by atoms with E-state index in [1.165, 1.54) is 10.6 Å². The van der Waals surface area contributed by atoms with Crippen LogP contribution in [0, 0.1) is 11.3 Å². The Bertz CT molecular complexity index is 1180. The molecule has 140 valence electrons. The van der Waals surface area contributed by atoms with Crippen LogP contribution in [0.15, 0.2) is 59.0 Å². The van der Waals surface area contributed by atoms with E-state index >= 15 is 0 Å². The zero-order chi connectivity index (χ0) is 20.1. The molecule has 0 atom stereocenters. The standard InChI is InChI=1S/C20H14ClN3O4/c1-2-27-20(26)13(12-22)11-14-18(28-16-8-4-3-7-15(16)21)23-17-9-5-6-10-24(17)19(14)25/h3-11H,2H2,1H3/b13-11+. The first kappa shape index (κ1) is 19.1. The highest BCUT2D eigenvalue weighted by atomic mass is 35.5. The van der Waals surface area contributed by atoms with Crippen LogP contribution in [0.3, 0.4) is 0 Å². The number of rotatable bonds is 5. The third-order valence-corrected chi connectivity index (χ3v) is 3.99. The average molecular weight is 396 g/mol. The number of carbonyl (C=O) groups excluding carboxylic acids is 1. The number of carbonyl (C=O) groups is 1. The second kappa shape index (κ2) is 8.37. The Morgan fingerprint density at radius 1 is 1.29 bits per heavy atom. The Morgan fingerprint density at radius 2 is 2.04 bits per heavy atom. The smallest absolute Gasteiger partial charge is 0.348 e. The molecule has 0 fully saturated rings. The summed E-state index contributed by atoms with van der Waals surface area (Å²) in [6.45, 7) is 1.71. The quantitative estimate of drug-likeness (QED) is 0.372. The predicted molar refractivity (Wildman–Crippen MR) is 103 cm³/mol. The van der Waals surface area contributed by atoms with Crippen molar-refractivity contribution in [3.63, 3.8) is 0 Å². The highest BCUT2D eigenvalue weighted by Crippen LogP contribution is 2.30. The van der Waals surface area contributed by atoms with Crippen molar-refractivity contribution < 1.29 is 14.3 Å². The van der Waals surface area contributed by atoms with Crippen molar-refractivity contribution >= 4 is 29.3 Å². The number of fused-ring (bicyclic) bond motifs is 1. The molecule has 0 saturated carbocycles. The van der Waals surface area contributed by atoms with E-state index in [-0.39, 0.29) is 29.4 Å². The van der Waals surface area contributed by atoms with Gasteiger partial charge in [-0.1, -0.05) is 29.8 Å². The van der Waals surface area contributed by atoms with Crippen molar-refractivity contribution in [1.82, 2.24) is 9.38 Å². The lowest BCUT2D eigenvalue weighted by Gasteiger charge is -2.11. The normalized spacial score (nSPS) is 11.1. The van der Waals surface area contributed by atoms with Gasteiger partial charge in [-0.05, 0) is 37.3 Å². The third-order valence-electron chi connectivity index (χ3n) is 3.68. The first-order valence-electron chi connectivity index (χ1n) is 8.27. The molecule has 3 aromatic rings. The number of esters is 1. The van der Waals surface area contributed by atoms with Crippen LogP contribution >= 0.6 is 11.6 Å². The fourth-order valence-corrected chi connectivity index (χ4v) is 2.58. The predicted octanol–water partition coefficient (Wildman–Crippen LogP) is 3.61. The minimum absolute atomic E-state index is 0.0757. The van der Waals surface area contributed by atoms with Crippen LogP contribution in [0.4, 0.5) is 0 Å². The minimum Gasteiger partial charge on any atom is -0.462 e. The molecule has 3 rings (SSSR count). The van der Waals surface area contributed by atoms with Gasteiger partial charge in [-0.25, -0.2) is 4.79 Å². The van der Waals surface area contributed by atoms with Gasteiger partial charge in [0.05, 0.1) is 11.6 Å². The molecule has 0 saturated heterocycles. The number of ether oxygens (including phenoxy) is 2. The summed E-state index contributed by atoms with van der Waals surface area (Å²) in [7, 11) is 0. The van der Waals surface area contributed by atoms with Crippen LogP contribution in [0.5, 0.6) is 11.6 Å². The summed E-state index contributed by atoms with van der Waals surface area (Å²) in [6, 6.07) is 13.4. The zero-order valence-corrected chi connectivity index (χ0v) is 15.5. The van der Waals surface area contributed by atoms with E-state index < -0.39 is 11.5 Å². The van der Waals surface area contributed by atoms with Gasteiger partial charge in [0, 0.05) is 6.20 Å². The number of hydrogen-bond acceptors (Lipinski definition) is 6. The maximum Gasteiger partial charge on any atom is 0.348 e. The number of nitrogens with zero attached hydrogens (tertiary/aromatic N) is 3. The largest absolute Gasteiger partial charge is 0.462 e. The van der Waals surface area contributed by atoms with E-state index in [2.05, 4.69) is 4.98 Å². The molecule has 0 aliphatic heterocycles. The molecular weight excluding hydrogens is 382 g/mol. The molecule has 2 aromatic heterocycles. The Hall–Kier alpha value is -3.63. The molecule has 0 aliphatic rings. The second-order valence-corrected chi connectivity index (χ2v) is 5.89. The van der Waals surface area contributed by atoms with Crippen LogP contribution in [0.1, 0.15) is 12.5 Å². The maximum atomic E-state index is 13.0. The summed E-state index contributed by atoms with van der Waals surface area (Å²) in [6.07, 6.45) is 2.64. The van der Waals surface area contributed by atoms with Gasteiger partial charge in [-0.15, -0.1) is 0 Å². The van der Waals surface area contributed by atoms with Gasteiger partial charge in [0.2, 0.25) is 5.88 Å². The Balaban J connectivity index is 2.23. The van der Waals surface area contributed by atoms with Crippen molar-refractivity contribution in [3.05, 3.63) is 75.2 Å². The number of nitriles is 1. The molecule has 0 bridgehead atoms. The lowest BCUT2D eigenvalue weighted by Crippen LogP contribution is -2.19. The van der Waals surface area contributed by atoms with Gasteiger partial charge in [0.15, 0.2) is 0 Å². The van der Waals surface area contributed by atoms with E-state index in [9.17, 15) is 14.9 Å². The highest BCUT2D eigenvalue weighted by molar-refractivity contribution is 6.32. The fourth-order valence-electron chi connectivity index (χ4n) is 2.41. The van der Waals surface area contributed by atoms with Crippen molar-refractivity contribution in [2.24, 2.45) is 0 Å². The van der Waals surface area contributed by atoms with Gasteiger partial charge in [0.1, 0.15) is 28.6 Å². The lowest BCUT2D eigenvalue weighted by molar-refractivity contribution is -0.137. The van der Waals surface area contributed by atoms with Crippen LogP contribution in [0.25, 0.3) is 11.7 Å². The van der Waals surface area contributed by atoms with Crippen molar-refractivity contribution in [2.75, 3.05) is 6.61 Å². The average Bonchev–Trinajstić information content (AvgIpc) is 2.70. The first-order valence-corrected chi connectivity index (χ1v) is 8.65. The molecule has 0 amide bonds. The summed E-state index contributed by atoms with van der Waals surface area (Å²) in [5.41, 5.74) is -0.597. The third kappa shape index (κ3) is 3.87. The minimum atomic E-state index is -0.841. The number of aromatic nitrogens is 2. The van der Waals surface area contributed by atoms with Crippen LogP contribution in [-0.2, 0) is 9.53 Å². The van der Waals surface area contributed by atoms with Gasteiger partial charge < -0.3 is 9.47 Å². The Kier molecular flexibility index (Phi) is 5.72. The van der Waals surface area contributed by atoms with E-state index in [0.717, 1.165) is 6.08 Å². The summed E-state index contributed by atoms with van der Waals surface area (Å²) < 4.78 is 11.9. The summed E-state index contributed by atoms with van der Waals surface area (Å²) >= 11 is 6.13. The van der Waals surface area contributed by atoms with Crippen LogP contribution in [-0.4, -0.2) is 22.0 Å². The number of hydrogen-bond donors (Lipinski definition) is 0. The molecule has 7 nitrogen and oxygen atoms in total. The molecule has 2 heterocycles. The molecular formula is C20H14ClN3O4. The summed E-state index contributed by atoms with van der Waals surface area (Å²) in [5.74, 6) is -0.645. The molecule has 0 N–H and O–H groups in total. The molecule has 0 aliphatic carbocycles. The molecule has 1 aromatic carbocycles. The van der Waals surface area contributed by atoms with E-state index in [1.807, 2.05) is 0 Å². The Labute approximate surface area is 165 Å². The van der Waals surface area contributed by atoms with Crippen molar-refractivity contribution in [1.29, 1.82) is 5.26 Å². The number of para-hydroxylation sites is 1. The summed E-state index contributed by atoms with van der Waals surface area (Å²) in [4.78, 5) is 29.3. The fraction of sp³-hybridized carbons (Fsp3) is 0.100. The molecule has 28 heavy (non-hydrogen) atoms. The maximum absolute atomic E-state index is 13.0. The monoisotopic (exact) mass is 395 g/mol. The van der Waals surface area contributed by atoms with Crippen LogP contribution in [0.2, 0.25) is 5.02 Å². The van der Waals surface area contributed by atoms with Crippen molar-refractivity contribution in [2.45, 2.75) is 6.92 Å². The van der Waals surface area contributed by atoms with Crippen LogP contribution < -0.4 is 10.3 Å². The summed E-state index contributed by atoms with van der Waals surface area (Å²) in [5, 5.41) is 9.62. The SMILES string of the molecule is CCOC(=O)/C(C#N)=C/c1c(Oc2ccccc2Cl)nc2ccccn2c1=O. The highest BCUT2D eigenvalue weighted by Gasteiger charge is 2.18. The Morgan fingerprint density at radius 3 is 2.75 bits per heavy atom. The molecule has 0 unspecified atom stereocenters. The molecule has 8 heteroatoms. The second-order valence-electron chi connectivity index (χ2n) is 5.49. The topological polar surface area (TPSA) is 93.7 Å². The molecule has 0 spiro atoms. The number of pyridine rings is 1. The van der Waals surface area contributed by atoms with E-state index in [4.69, 9.17) is 21.1 Å². The first-order chi connectivity index (χ1) is 13.5. The molecule has 0 radical (unpaired) electrons. The van der Waals surface area contributed by atoms with Gasteiger partial charge in [-0.2, -0.15) is 10.2 Å². The van der Waals surface area contributed by atoms with Gasteiger partial charge in [-0.3, -0.25) is 9.20 Å².